The first-order chi connectivity index (χ1) is 13.1. The fourth-order valence-electron chi connectivity index (χ4n) is 4.19. The molecule has 8 nitrogen and oxygen atoms in total. The molecular formula is C18H33ClN2O6S. The number of nitrogens with one attached hydrogen (secondary N) is 1. The van der Waals surface area contributed by atoms with Crippen molar-refractivity contribution in [2.45, 2.75) is 80.4 Å². The summed E-state index contributed by atoms with van der Waals surface area (Å²) in [7, 11) is 0.301. The highest BCUT2D eigenvalue weighted by atomic mass is 35.5. The van der Waals surface area contributed by atoms with E-state index in [-0.39, 0.29) is 11.9 Å². The number of hydrogen-bond donors (Lipinski definition) is 4. The molecule has 0 spiro atoms. The SMILES string of the molecule is CCCC1CC(C(=O)NC(C(C)Cl)C2OC(S(C)=O)C(O)C(O)C2O)N(C)C1. The third kappa shape index (κ3) is 5.24. The predicted molar refractivity (Wildman–Crippen MR) is 107 cm³/mol. The number of carbonyl (C=O) groups excluding carboxylic acids is 1. The normalized spacial score (nSPS) is 40.1. The second-order valence-electron chi connectivity index (χ2n) is 8.00. The third-order valence-electron chi connectivity index (χ3n) is 5.73. The van der Waals surface area contributed by atoms with Gasteiger partial charge >= 0.3 is 0 Å². The fourth-order valence-corrected chi connectivity index (χ4v) is 5.24. The number of alkyl halides is 1. The van der Waals surface area contributed by atoms with Crippen LogP contribution in [-0.4, -0.2) is 97.5 Å². The van der Waals surface area contributed by atoms with Crippen molar-refractivity contribution in [3.8, 4) is 0 Å². The van der Waals surface area contributed by atoms with Crippen LogP contribution < -0.4 is 5.32 Å². The molecule has 0 saturated carbocycles. The smallest absolute Gasteiger partial charge is 0.237 e. The minimum Gasteiger partial charge on any atom is -0.388 e. The Kier molecular flexibility index (Phi) is 8.69. The van der Waals surface area contributed by atoms with Crippen molar-refractivity contribution in [3.05, 3.63) is 0 Å². The molecule has 0 aromatic carbocycles. The highest BCUT2D eigenvalue weighted by molar-refractivity contribution is 7.84. The summed E-state index contributed by atoms with van der Waals surface area (Å²) in [5.74, 6) is 0.238. The number of halogens is 1. The van der Waals surface area contributed by atoms with Gasteiger partial charge in [0.05, 0.1) is 28.3 Å². The van der Waals surface area contributed by atoms with E-state index >= 15 is 0 Å². The maximum atomic E-state index is 12.9. The van der Waals surface area contributed by atoms with Crippen LogP contribution in [0.1, 0.15) is 33.1 Å². The van der Waals surface area contributed by atoms with Crippen LogP contribution in [0.5, 0.6) is 0 Å². The Labute approximate surface area is 174 Å². The lowest BCUT2D eigenvalue weighted by Gasteiger charge is -2.43. The van der Waals surface area contributed by atoms with Gasteiger partial charge in [-0.3, -0.25) is 13.9 Å². The summed E-state index contributed by atoms with van der Waals surface area (Å²) >= 11 is 6.28. The third-order valence-corrected chi connectivity index (χ3v) is 7.04. The highest BCUT2D eigenvalue weighted by Gasteiger charge is 2.49. The van der Waals surface area contributed by atoms with Gasteiger partial charge in [-0.2, -0.15) is 0 Å². The molecule has 164 valence electrons. The van der Waals surface area contributed by atoms with Crippen molar-refractivity contribution in [1.29, 1.82) is 0 Å². The number of rotatable bonds is 7. The Balaban J connectivity index is 2.14. The van der Waals surface area contributed by atoms with Crippen LogP contribution in [0.2, 0.25) is 0 Å². The van der Waals surface area contributed by atoms with E-state index in [1.54, 1.807) is 6.92 Å². The summed E-state index contributed by atoms with van der Waals surface area (Å²) in [5, 5.41) is 32.8. The molecule has 2 heterocycles. The molecule has 0 bridgehead atoms. The van der Waals surface area contributed by atoms with Crippen LogP contribution in [0, 0.1) is 5.92 Å². The number of aliphatic hydroxyl groups excluding tert-OH is 3. The highest BCUT2D eigenvalue weighted by Crippen LogP contribution is 2.29. The molecule has 10 atom stereocenters. The maximum absolute atomic E-state index is 12.9. The standard InChI is InChI=1S/C18H33ClN2O6S/c1-5-6-10-7-11(21(3)8-10)17(25)20-12(9(2)19)16-14(23)13(22)15(24)18(27-16)28(4)26/h9-16,18,22-24H,5-8H2,1-4H3,(H,20,25). The molecule has 2 aliphatic rings. The van der Waals surface area contributed by atoms with Crippen LogP contribution in [0.4, 0.5) is 0 Å². The van der Waals surface area contributed by atoms with Gasteiger partial charge in [0.1, 0.15) is 24.4 Å². The van der Waals surface area contributed by atoms with Crippen molar-refractivity contribution < 1.29 is 29.1 Å². The first-order valence-corrected chi connectivity index (χ1v) is 11.8. The number of ether oxygens (including phenoxy) is 1. The fraction of sp³-hybridized carbons (Fsp3) is 0.944. The Hall–Kier alpha value is -0.290. The van der Waals surface area contributed by atoms with Crippen molar-refractivity contribution in [2.24, 2.45) is 5.92 Å². The lowest BCUT2D eigenvalue weighted by Crippen LogP contribution is -2.66. The van der Waals surface area contributed by atoms with Crippen molar-refractivity contribution in [1.82, 2.24) is 10.2 Å². The van der Waals surface area contributed by atoms with Gasteiger partial charge in [-0.05, 0) is 32.7 Å². The van der Waals surface area contributed by atoms with Crippen LogP contribution in [-0.2, 0) is 20.3 Å². The Bertz CT molecular complexity index is 568. The molecule has 2 saturated heterocycles. The largest absolute Gasteiger partial charge is 0.388 e. The summed E-state index contributed by atoms with van der Waals surface area (Å²) in [4.78, 5) is 14.9. The first-order valence-electron chi connectivity index (χ1n) is 9.75. The summed E-state index contributed by atoms with van der Waals surface area (Å²) in [6, 6.07) is -1.13. The van der Waals surface area contributed by atoms with Crippen molar-refractivity contribution >= 4 is 28.3 Å². The number of likely N-dealkylation sites (N-methyl/N-ethyl adjacent to an activating group) is 1. The van der Waals surface area contributed by atoms with Crippen molar-refractivity contribution in [2.75, 3.05) is 19.8 Å². The predicted octanol–water partition coefficient (Wildman–Crippen LogP) is -0.595. The monoisotopic (exact) mass is 440 g/mol. The molecule has 2 rings (SSSR count). The van der Waals surface area contributed by atoms with E-state index < -0.39 is 52.1 Å². The number of carbonyl (C=O) groups is 1. The number of aliphatic hydroxyl groups is 3. The van der Waals surface area contributed by atoms with Gasteiger partial charge in [0.15, 0.2) is 5.44 Å². The number of hydrogen-bond acceptors (Lipinski definition) is 7. The quantitative estimate of drug-likeness (QED) is 0.390. The van der Waals surface area contributed by atoms with Crippen molar-refractivity contribution in [3.63, 3.8) is 0 Å². The zero-order valence-electron chi connectivity index (χ0n) is 16.8. The van der Waals surface area contributed by atoms with E-state index in [1.807, 2.05) is 11.9 Å². The molecule has 4 N–H and O–H groups in total. The summed E-state index contributed by atoms with van der Waals surface area (Å²) < 4.78 is 17.5. The van der Waals surface area contributed by atoms with Crippen LogP contribution >= 0.6 is 11.6 Å². The van der Waals surface area contributed by atoms with E-state index in [2.05, 4.69) is 12.2 Å². The van der Waals surface area contributed by atoms with Crippen LogP contribution in [0.25, 0.3) is 0 Å². The van der Waals surface area contributed by atoms with E-state index in [9.17, 15) is 24.3 Å². The molecule has 2 aliphatic heterocycles. The lowest BCUT2D eigenvalue weighted by molar-refractivity contribution is -0.206. The van der Waals surface area contributed by atoms with E-state index in [0.29, 0.717) is 5.92 Å². The second kappa shape index (κ2) is 10.1. The van der Waals surface area contributed by atoms with E-state index in [4.69, 9.17) is 16.3 Å². The maximum Gasteiger partial charge on any atom is 0.237 e. The molecule has 10 unspecified atom stereocenters. The number of likely N-dealkylation sites (tertiary alicyclic amines) is 1. The lowest BCUT2D eigenvalue weighted by atomic mass is 9.92. The molecule has 0 aromatic heterocycles. The minimum atomic E-state index is -1.60. The molecule has 0 aromatic rings. The average Bonchev–Trinajstić information content (AvgIpc) is 2.98. The molecule has 10 heteroatoms. The van der Waals surface area contributed by atoms with Crippen LogP contribution in [0.3, 0.4) is 0 Å². The zero-order chi connectivity index (χ0) is 21.2. The Morgan fingerprint density at radius 2 is 1.96 bits per heavy atom. The van der Waals surface area contributed by atoms with Gasteiger partial charge in [0.25, 0.3) is 0 Å². The van der Waals surface area contributed by atoms with Gasteiger partial charge in [-0.15, -0.1) is 11.6 Å². The van der Waals surface area contributed by atoms with Gasteiger partial charge in [0, 0.05) is 12.8 Å². The van der Waals surface area contributed by atoms with Gasteiger partial charge in [0.2, 0.25) is 5.91 Å². The molecule has 2 fully saturated rings. The summed E-state index contributed by atoms with van der Waals surface area (Å²) in [6.45, 7) is 4.61. The van der Waals surface area contributed by atoms with E-state index in [1.165, 1.54) is 6.26 Å². The molecule has 28 heavy (non-hydrogen) atoms. The first kappa shape index (κ1) is 24.0. The summed E-state index contributed by atoms with van der Waals surface area (Å²) in [5.41, 5.74) is -1.18. The second-order valence-corrected chi connectivity index (χ2v) is 10.1. The molecule has 1 amide bonds. The van der Waals surface area contributed by atoms with Gasteiger partial charge in [-0.25, -0.2) is 0 Å². The minimum absolute atomic E-state index is 0.218. The zero-order valence-corrected chi connectivity index (χ0v) is 18.4. The van der Waals surface area contributed by atoms with Gasteiger partial charge < -0.3 is 25.4 Å². The summed E-state index contributed by atoms with van der Waals surface area (Å²) in [6.07, 6.45) is -1.41. The molecule has 0 radical (unpaired) electrons. The van der Waals surface area contributed by atoms with Gasteiger partial charge in [-0.1, -0.05) is 13.3 Å². The Morgan fingerprint density at radius 1 is 1.32 bits per heavy atom. The topological polar surface area (TPSA) is 119 Å². The Morgan fingerprint density at radius 3 is 2.50 bits per heavy atom. The molecule has 0 aliphatic carbocycles. The molecular weight excluding hydrogens is 408 g/mol. The average molecular weight is 441 g/mol. The number of amides is 1. The van der Waals surface area contributed by atoms with E-state index in [0.717, 1.165) is 25.8 Å². The van der Waals surface area contributed by atoms with Crippen LogP contribution in [0.15, 0.2) is 0 Å². The number of nitrogens with zero attached hydrogens (tertiary/aromatic N) is 1.